The van der Waals surface area contributed by atoms with Gasteiger partial charge in [-0.2, -0.15) is 0 Å². The van der Waals surface area contributed by atoms with Crippen LogP contribution in [0.2, 0.25) is 0 Å². The molecular weight excluding hydrogens is 485 g/mol. The number of amides is 4. The van der Waals surface area contributed by atoms with Crippen molar-refractivity contribution >= 4 is 17.8 Å². The van der Waals surface area contributed by atoms with Crippen LogP contribution in [0.15, 0.2) is 65.9 Å². The topological polar surface area (TPSA) is 76.2 Å². The number of nitrogens with one attached hydrogen (secondary N) is 1. The van der Waals surface area contributed by atoms with Gasteiger partial charge in [-0.3, -0.25) is 14.5 Å². The zero-order valence-electron chi connectivity index (χ0n) is 21.9. The Morgan fingerprint density at radius 1 is 0.974 bits per heavy atom. The van der Waals surface area contributed by atoms with Crippen LogP contribution >= 0.6 is 0 Å². The molecular formula is C29H34FN5O3. The summed E-state index contributed by atoms with van der Waals surface area (Å²) < 4.78 is 13.7. The summed E-state index contributed by atoms with van der Waals surface area (Å²) in [6, 6.07) is 13.8. The quantitative estimate of drug-likeness (QED) is 0.611. The molecule has 1 fully saturated rings. The molecule has 0 saturated carbocycles. The van der Waals surface area contributed by atoms with E-state index in [2.05, 4.69) is 17.1 Å². The largest absolute Gasteiger partial charge is 0.338 e. The predicted octanol–water partition coefficient (Wildman–Crippen LogP) is 2.78. The first-order valence-corrected chi connectivity index (χ1v) is 13.3. The van der Waals surface area contributed by atoms with Crippen LogP contribution in [0.25, 0.3) is 0 Å². The van der Waals surface area contributed by atoms with Crippen molar-refractivity contribution in [3.63, 3.8) is 0 Å². The standard InChI is InChI=1S/C29H34FN5O3/c1-3-32-14-16-33(17-15-32)27(36)23(18-20-8-6-5-7-9-20)35-19-24-25(28(35)37)26(31-29(38)34(24)4-2)21-10-12-22(30)13-11-21/h5-13,23,26H,3-4,14-19H2,1-2H3,(H,31,38)/t23-,26+/m1/s1. The number of benzene rings is 2. The monoisotopic (exact) mass is 519 g/mol. The van der Waals surface area contributed by atoms with E-state index < -0.39 is 17.9 Å². The fourth-order valence-electron chi connectivity index (χ4n) is 5.67. The molecule has 8 nitrogen and oxygen atoms in total. The molecule has 9 heteroatoms. The first kappa shape index (κ1) is 25.9. The molecule has 0 unspecified atom stereocenters. The zero-order valence-corrected chi connectivity index (χ0v) is 21.9. The Morgan fingerprint density at radius 3 is 2.29 bits per heavy atom. The maximum Gasteiger partial charge on any atom is 0.322 e. The van der Waals surface area contributed by atoms with E-state index in [1.165, 1.54) is 12.1 Å². The highest BCUT2D eigenvalue weighted by atomic mass is 19.1. The number of hydrogen-bond donors (Lipinski definition) is 1. The molecule has 38 heavy (non-hydrogen) atoms. The van der Waals surface area contributed by atoms with Gasteiger partial charge >= 0.3 is 6.03 Å². The summed E-state index contributed by atoms with van der Waals surface area (Å²) in [5.74, 6) is -0.732. The lowest BCUT2D eigenvalue weighted by molar-refractivity contribution is -0.144. The van der Waals surface area contributed by atoms with Crippen molar-refractivity contribution < 1.29 is 18.8 Å². The second-order valence-corrected chi connectivity index (χ2v) is 9.94. The van der Waals surface area contributed by atoms with E-state index in [-0.39, 0.29) is 24.4 Å². The van der Waals surface area contributed by atoms with E-state index >= 15 is 0 Å². The molecule has 0 aromatic heterocycles. The van der Waals surface area contributed by atoms with Crippen molar-refractivity contribution in [1.29, 1.82) is 0 Å². The Balaban J connectivity index is 1.48. The molecule has 200 valence electrons. The first-order valence-electron chi connectivity index (χ1n) is 13.3. The van der Waals surface area contributed by atoms with E-state index in [0.717, 1.165) is 25.2 Å². The second kappa shape index (κ2) is 10.9. The Labute approximate surface area is 222 Å². The lowest BCUT2D eigenvalue weighted by atomic mass is 9.95. The maximum absolute atomic E-state index is 14.1. The van der Waals surface area contributed by atoms with E-state index in [4.69, 9.17) is 0 Å². The minimum atomic E-state index is -0.709. The molecule has 2 aromatic rings. The van der Waals surface area contributed by atoms with Gasteiger partial charge < -0.3 is 20.0 Å². The normalized spacial score (nSPS) is 21.0. The Bertz CT molecular complexity index is 1220. The van der Waals surface area contributed by atoms with Crippen molar-refractivity contribution in [2.45, 2.75) is 32.4 Å². The van der Waals surface area contributed by atoms with Gasteiger partial charge in [0.25, 0.3) is 5.91 Å². The molecule has 3 aliphatic heterocycles. The number of nitrogens with zero attached hydrogens (tertiary/aromatic N) is 4. The van der Waals surface area contributed by atoms with Gasteiger partial charge in [-0.05, 0) is 36.7 Å². The van der Waals surface area contributed by atoms with Crippen LogP contribution < -0.4 is 5.32 Å². The first-order chi connectivity index (χ1) is 18.4. The van der Waals surface area contributed by atoms with Crippen molar-refractivity contribution in [2.75, 3.05) is 45.8 Å². The molecule has 2 atom stereocenters. The predicted molar refractivity (Wildman–Crippen MR) is 141 cm³/mol. The van der Waals surface area contributed by atoms with E-state index in [0.29, 0.717) is 42.9 Å². The Kier molecular flexibility index (Phi) is 7.46. The molecule has 2 aromatic carbocycles. The number of urea groups is 1. The summed E-state index contributed by atoms with van der Waals surface area (Å²) in [4.78, 5) is 48.5. The molecule has 0 radical (unpaired) electrons. The van der Waals surface area contributed by atoms with Gasteiger partial charge in [0, 0.05) is 39.1 Å². The van der Waals surface area contributed by atoms with E-state index in [1.54, 1.807) is 21.9 Å². The van der Waals surface area contributed by atoms with Crippen LogP contribution in [0.3, 0.4) is 0 Å². The number of carbonyl (C=O) groups excluding carboxylic acids is 3. The third-order valence-electron chi connectivity index (χ3n) is 7.83. The molecule has 0 bridgehead atoms. The molecule has 3 aliphatic rings. The van der Waals surface area contributed by atoms with Gasteiger partial charge in [-0.25, -0.2) is 9.18 Å². The average Bonchev–Trinajstić information content (AvgIpc) is 3.28. The minimum Gasteiger partial charge on any atom is -0.338 e. The van der Waals surface area contributed by atoms with E-state index in [9.17, 15) is 18.8 Å². The maximum atomic E-state index is 14.1. The van der Waals surface area contributed by atoms with Gasteiger partial charge in [0.2, 0.25) is 5.91 Å². The third-order valence-corrected chi connectivity index (χ3v) is 7.83. The highest BCUT2D eigenvalue weighted by Gasteiger charge is 2.47. The fraction of sp³-hybridized carbons (Fsp3) is 0.414. The molecule has 1 N–H and O–H groups in total. The molecule has 1 saturated heterocycles. The number of halogens is 1. The zero-order chi connectivity index (χ0) is 26.8. The van der Waals surface area contributed by atoms with Gasteiger partial charge in [0.15, 0.2) is 0 Å². The smallest absolute Gasteiger partial charge is 0.322 e. The third kappa shape index (κ3) is 4.90. The van der Waals surface area contributed by atoms with Crippen LogP contribution in [0.1, 0.15) is 31.0 Å². The minimum absolute atomic E-state index is 0.0709. The molecule has 0 aliphatic carbocycles. The summed E-state index contributed by atoms with van der Waals surface area (Å²) in [6.07, 6.45) is 0.384. The molecule has 0 spiro atoms. The van der Waals surface area contributed by atoms with Crippen LogP contribution in [-0.4, -0.2) is 89.3 Å². The number of rotatable bonds is 7. The summed E-state index contributed by atoms with van der Waals surface area (Å²) in [7, 11) is 0. The molecule has 3 heterocycles. The lowest BCUT2D eigenvalue weighted by Gasteiger charge is -2.38. The number of piperazine rings is 1. The van der Waals surface area contributed by atoms with Gasteiger partial charge in [0.1, 0.15) is 11.9 Å². The van der Waals surface area contributed by atoms with Crippen LogP contribution in [0.4, 0.5) is 9.18 Å². The van der Waals surface area contributed by atoms with Crippen LogP contribution in [0, 0.1) is 5.82 Å². The van der Waals surface area contributed by atoms with Gasteiger partial charge in [-0.15, -0.1) is 0 Å². The summed E-state index contributed by atoms with van der Waals surface area (Å²) in [5, 5.41) is 2.93. The number of carbonyl (C=O) groups is 3. The summed E-state index contributed by atoms with van der Waals surface area (Å²) in [5.41, 5.74) is 2.64. The number of hydrogen-bond acceptors (Lipinski definition) is 4. The van der Waals surface area contributed by atoms with Crippen LogP contribution in [0.5, 0.6) is 0 Å². The van der Waals surface area contributed by atoms with Crippen molar-refractivity contribution in [1.82, 2.24) is 24.9 Å². The summed E-state index contributed by atoms with van der Waals surface area (Å²) in [6.45, 7) is 8.31. The van der Waals surface area contributed by atoms with Crippen LogP contribution in [-0.2, 0) is 16.0 Å². The van der Waals surface area contributed by atoms with Gasteiger partial charge in [-0.1, -0.05) is 49.4 Å². The second-order valence-electron chi connectivity index (χ2n) is 9.94. The number of likely N-dealkylation sites (N-methyl/N-ethyl adjacent to an activating group) is 2. The molecule has 4 amide bonds. The average molecular weight is 520 g/mol. The highest BCUT2D eigenvalue weighted by molar-refractivity contribution is 6.03. The Morgan fingerprint density at radius 2 is 1.66 bits per heavy atom. The Hall–Kier alpha value is -3.72. The van der Waals surface area contributed by atoms with Gasteiger partial charge in [0.05, 0.1) is 23.9 Å². The molecule has 5 rings (SSSR count). The lowest BCUT2D eigenvalue weighted by Crippen LogP contribution is -2.56. The van der Waals surface area contributed by atoms with Crippen molar-refractivity contribution in [2.24, 2.45) is 0 Å². The highest BCUT2D eigenvalue weighted by Crippen LogP contribution is 2.37. The SMILES string of the molecule is CCN1CCN(C(=O)[C@@H](Cc2ccccc2)N2CC3=C(C2=O)[C@H](c2ccc(F)cc2)NC(=O)N3CC)CC1. The van der Waals surface area contributed by atoms with Crippen molar-refractivity contribution in [3.05, 3.63) is 82.8 Å². The van der Waals surface area contributed by atoms with E-state index in [1.807, 2.05) is 42.2 Å². The fourth-order valence-corrected chi connectivity index (χ4v) is 5.67. The van der Waals surface area contributed by atoms with Crippen molar-refractivity contribution in [3.8, 4) is 0 Å². The summed E-state index contributed by atoms with van der Waals surface area (Å²) >= 11 is 0.